The number of carbonyl (C=O) groups excluding carboxylic acids is 1. The van der Waals surface area contributed by atoms with Gasteiger partial charge in [0.05, 0.1) is 0 Å². The highest BCUT2D eigenvalue weighted by atomic mass is 35.5. The summed E-state index contributed by atoms with van der Waals surface area (Å²) in [5, 5.41) is -0.112. The van der Waals surface area contributed by atoms with Crippen LogP contribution in [-0.4, -0.2) is 5.24 Å². The van der Waals surface area contributed by atoms with Gasteiger partial charge in [0.2, 0.25) is 5.24 Å². The Morgan fingerprint density at radius 1 is 0.615 bits per heavy atom. The maximum atomic E-state index is 11.6. The summed E-state index contributed by atoms with van der Waals surface area (Å²) in [4.78, 5) is 11.6. The lowest BCUT2D eigenvalue weighted by atomic mass is 9.95. The zero-order valence-corrected chi connectivity index (χ0v) is 17.9. The maximum absolute atomic E-state index is 11.6. The number of unbranched alkanes of at least 4 members (excludes halogenated alkanes) is 14. The van der Waals surface area contributed by atoms with Gasteiger partial charge in [0.1, 0.15) is 0 Å². The van der Waals surface area contributed by atoms with Gasteiger partial charge in [-0.2, -0.15) is 0 Å². The van der Waals surface area contributed by atoms with Crippen LogP contribution in [0.3, 0.4) is 0 Å². The zero-order valence-electron chi connectivity index (χ0n) is 17.2. The molecule has 0 aliphatic carbocycles. The second kappa shape index (κ2) is 20.7. The highest BCUT2D eigenvalue weighted by Gasteiger charge is 2.15. The lowest BCUT2D eigenvalue weighted by Gasteiger charge is -2.12. The minimum Gasteiger partial charge on any atom is -0.281 e. The third-order valence-corrected chi connectivity index (χ3v) is 5.55. The van der Waals surface area contributed by atoms with Crippen molar-refractivity contribution in [3.05, 3.63) is 25.3 Å². The molecule has 0 spiro atoms. The molecule has 0 rings (SSSR count). The topological polar surface area (TPSA) is 17.1 Å². The van der Waals surface area contributed by atoms with Gasteiger partial charge < -0.3 is 0 Å². The fraction of sp³-hybridized carbons (Fsp3) is 0.792. The average molecular weight is 383 g/mol. The second-order valence-electron chi connectivity index (χ2n) is 7.68. The molecule has 0 fully saturated rings. The van der Waals surface area contributed by atoms with E-state index in [9.17, 15) is 4.79 Å². The SMILES string of the molecule is C=CCCCCCCCCCC(CCCCCCCCCC=C)C(=O)Cl. The molecule has 0 atom stereocenters. The van der Waals surface area contributed by atoms with Gasteiger partial charge in [-0.25, -0.2) is 0 Å². The standard InChI is InChI=1S/C24H43ClO/c1-3-5-7-9-11-13-15-17-19-21-23(24(25)26)22-20-18-16-14-12-10-8-6-4-2/h3-4,23H,1-2,5-22H2. The Balaban J connectivity index is 3.49. The van der Waals surface area contributed by atoms with Crippen LogP contribution in [0.15, 0.2) is 25.3 Å². The number of carbonyl (C=O) groups is 1. The Morgan fingerprint density at radius 3 is 1.23 bits per heavy atom. The Morgan fingerprint density at radius 2 is 0.923 bits per heavy atom. The normalized spacial score (nSPS) is 11.0. The molecule has 0 N–H and O–H groups in total. The van der Waals surface area contributed by atoms with E-state index in [2.05, 4.69) is 13.2 Å². The summed E-state index contributed by atoms with van der Waals surface area (Å²) in [6.45, 7) is 7.52. The van der Waals surface area contributed by atoms with Crippen molar-refractivity contribution in [1.29, 1.82) is 0 Å². The molecule has 0 bridgehead atoms. The smallest absolute Gasteiger partial charge is 0.224 e. The van der Waals surface area contributed by atoms with E-state index in [1.807, 2.05) is 12.2 Å². The predicted octanol–water partition coefficient (Wildman–Crippen LogP) is 8.76. The molecular formula is C24H43ClO. The van der Waals surface area contributed by atoms with Gasteiger partial charge in [0.15, 0.2) is 0 Å². The molecule has 26 heavy (non-hydrogen) atoms. The van der Waals surface area contributed by atoms with Crippen molar-refractivity contribution in [2.45, 2.75) is 116 Å². The number of halogens is 1. The summed E-state index contributed by atoms with van der Waals surface area (Å²) in [5.41, 5.74) is 0. The molecule has 0 saturated heterocycles. The van der Waals surface area contributed by atoms with Crippen LogP contribution in [0.4, 0.5) is 0 Å². The van der Waals surface area contributed by atoms with Crippen LogP contribution < -0.4 is 0 Å². The molecule has 152 valence electrons. The lowest BCUT2D eigenvalue weighted by molar-refractivity contribution is -0.115. The molecule has 0 radical (unpaired) electrons. The van der Waals surface area contributed by atoms with Gasteiger partial charge >= 0.3 is 0 Å². The predicted molar refractivity (Wildman–Crippen MR) is 118 cm³/mol. The van der Waals surface area contributed by atoms with Crippen molar-refractivity contribution in [3.63, 3.8) is 0 Å². The van der Waals surface area contributed by atoms with Crippen molar-refractivity contribution >= 4 is 16.8 Å². The molecule has 0 unspecified atom stereocenters. The molecule has 0 aliphatic heterocycles. The Labute approximate surface area is 168 Å². The van der Waals surface area contributed by atoms with E-state index in [1.54, 1.807) is 0 Å². The summed E-state index contributed by atoms with van der Waals surface area (Å²) in [5.74, 6) is 0.0943. The summed E-state index contributed by atoms with van der Waals surface area (Å²) in [7, 11) is 0. The molecule has 0 heterocycles. The molecule has 0 amide bonds. The van der Waals surface area contributed by atoms with Crippen molar-refractivity contribution < 1.29 is 4.79 Å². The lowest BCUT2D eigenvalue weighted by Crippen LogP contribution is -2.08. The first-order valence-electron chi connectivity index (χ1n) is 11.1. The van der Waals surface area contributed by atoms with E-state index < -0.39 is 0 Å². The van der Waals surface area contributed by atoms with E-state index in [0.29, 0.717) is 0 Å². The first-order valence-corrected chi connectivity index (χ1v) is 11.5. The third-order valence-electron chi connectivity index (χ3n) is 5.24. The highest BCUT2D eigenvalue weighted by Crippen LogP contribution is 2.21. The second-order valence-corrected chi connectivity index (χ2v) is 8.06. The van der Waals surface area contributed by atoms with Crippen LogP contribution in [0.2, 0.25) is 0 Å². The number of hydrogen-bond acceptors (Lipinski definition) is 1. The minimum atomic E-state index is -0.112. The molecular weight excluding hydrogens is 340 g/mol. The fourth-order valence-electron chi connectivity index (χ4n) is 3.50. The number of rotatable bonds is 21. The number of allylic oxidation sites excluding steroid dienone is 2. The van der Waals surface area contributed by atoms with Crippen LogP contribution in [0.1, 0.15) is 116 Å². The van der Waals surface area contributed by atoms with Gasteiger partial charge in [-0.3, -0.25) is 4.79 Å². The average Bonchev–Trinajstić information content (AvgIpc) is 2.63. The van der Waals surface area contributed by atoms with Gasteiger partial charge in [0.25, 0.3) is 0 Å². The van der Waals surface area contributed by atoms with Crippen LogP contribution in [0.5, 0.6) is 0 Å². The summed E-state index contributed by atoms with van der Waals surface area (Å²) < 4.78 is 0. The first-order chi connectivity index (χ1) is 12.7. The monoisotopic (exact) mass is 382 g/mol. The zero-order chi connectivity index (χ0) is 19.3. The van der Waals surface area contributed by atoms with Gasteiger partial charge in [0, 0.05) is 5.92 Å². The third kappa shape index (κ3) is 18.2. The van der Waals surface area contributed by atoms with Crippen molar-refractivity contribution in [2.24, 2.45) is 5.92 Å². The summed E-state index contributed by atoms with van der Waals surface area (Å²) in [6, 6.07) is 0. The van der Waals surface area contributed by atoms with E-state index in [0.717, 1.165) is 38.5 Å². The molecule has 0 aromatic heterocycles. The molecule has 1 nitrogen and oxygen atoms in total. The highest BCUT2D eigenvalue weighted by molar-refractivity contribution is 6.63. The van der Waals surface area contributed by atoms with E-state index in [4.69, 9.17) is 11.6 Å². The molecule has 0 aromatic carbocycles. The van der Waals surface area contributed by atoms with Crippen LogP contribution in [0.25, 0.3) is 0 Å². The fourth-order valence-corrected chi connectivity index (χ4v) is 3.72. The minimum absolute atomic E-state index is 0.0943. The first kappa shape index (κ1) is 25.4. The maximum Gasteiger partial charge on any atom is 0.224 e. The van der Waals surface area contributed by atoms with Crippen LogP contribution in [-0.2, 0) is 4.79 Å². The molecule has 0 aromatic rings. The van der Waals surface area contributed by atoms with Crippen LogP contribution >= 0.6 is 11.6 Å². The Kier molecular flexibility index (Phi) is 20.3. The summed E-state index contributed by atoms with van der Waals surface area (Å²) in [6.07, 6.45) is 26.2. The van der Waals surface area contributed by atoms with E-state index in [-0.39, 0.29) is 11.2 Å². The van der Waals surface area contributed by atoms with Crippen LogP contribution in [0, 0.1) is 5.92 Å². The Bertz CT molecular complexity index is 311. The molecule has 0 aliphatic rings. The Hall–Kier alpha value is -0.560. The summed E-state index contributed by atoms with van der Waals surface area (Å²) >= 11 is 5.81. The van der Waals surface area contributed by atoms with Gasteiger partial charge in [-0.05, 0) is 50.1 Å². The number of hydrogen-bond donors (Lipinski definition) is 0. The van der Waals surface area contributed by atoms with Gasteiger partial charge in [-0.15, -0.1) is 13.2 Å². The van der Waals surface area contributed by atoms with Gasteiger partial charge in [-0.1, -0.05) is 89.2 Å². The quantitative estimate of drug-likeness (QED) is 0.110. The molecule has 0 saturated carbocycles. The van der Waals surface area contributed by atoms with E-state index >= 15 is 0 Å². The van der Waals surface area contributed by atoms with Crippen molar-refractivity contribution in [1.82, 2.24) is 0 Å². The largest absolute Gasteiger partial charge is 0.281 e. The van der Waals surface area contributed by atoms with Crippen molar-refractivity contribution in [2.75, 3.05) is 0 Å². The van der Waals surface area contributed by atoms with Crippen molar-refractivity contribution in [3.8, 4) is 0 Å². The molecule has 2 heteroatoms. The van der Waals surface area contributed by atoms with E-state index in [1.165, 1.54) is 77.0 Å².